The summed E-state index contributed by atoms with van der Waals surface area (Å²) in [6.07, 6.45) is 2.97. The Morgan fingerprint density at radius 2 is 1.88 bits per heavy atom. The zero-order valence-electron chi connectivity index (χ0n) is 15.5. The number of carbonyl (C=O) groups is 2. The first-order valence-electron chi connectivity index (χ1n) is 8.88. The van der Waals surface area contributed by atoms with E-state index < -0.39 is 0 Å². The van der Waals surface area contributed by atoms with Crippen molar-refractivity contribution in [3.8, 4) is 0 Å². The summed E-state index contributed by atoms with van der Waals surface area (Å²) in [7, 11) is 0. The Balaban J connectivity index is 2.00. The molecular weight excluding hydrogens is 332 g/mol. The molecule has 3 amide bonds. The number of urea groups is 1. The van der Waals surface area contributed by atoms with Gasteiger partial charge in [0.1, 0.15) is 6.26 Å². The van der Waals surface area contributed by atoms with Gasteiger partial charge in [0.15, 0.2) is 5.69 Å². The minimum atomic E-state index is -0.270. The number of amides is 3. The number of anilines is 1. The Hall–Kier alpha value is -2.83. The van der Waals surface area contributed by atoms with E-state index in [1.165, 1.54) is 6.26 Å². The third kappa shape index (κ3) is 5.61. The summed E-state index contributed by atoms with van der Waals surface area (Å²) in [5.74, 6) is 0.0622. The van der Waals surface area contributed by atoms with Gasteiger partial charge in [-0.05, 0) is 31.9 Å². The Bertz CT molecular complexity index is 725. The molecule has 26 heavy (non-hydrogen) atoms. The molecule has 0 atom stereocenters. The van der Waals surface area contributed by atoms with Gasteiger partial charge in [0.25, 0.3) is 5.91 Å². The molecule has 2 rings (SSSR count). The predicted octanol–water partition coefficient (Wildman–Crippen LogP) is 3.57. The number of hydrogen-bond donors (Lipinski definition) is 2. The van der Waals surface area contributed by atoms with Gasteiger partial charge in [-0.1, -0.05) is 31.5 Å². The second-order valence-corrected chi connectivity index (χ2v) is 6.10. The maximum absolute atomic E-state index is 12.5. The molecule has 0 radical (unpaired) electrons. The van der Waals surface area contributed by atoms with Crippen molar-refractivity contribution in [3.63, 3.8) is 0 Å². The highest BCUT2D eigenvalue weighted by Crippen LogP contribution is 2.12. The van der Waals surface area contributed by atoms with E-state index in [-0.39, 0.29) is 24.2 Å². The number of nitrogens with one attached hydrogen (secondary N) is 2. The predicted molar refractivity (Wildman–Crippen MR) is 100 cm³/mol. The van der Waals surface area contributed by atoms with Gasteiger partial charge in [-0.15, -0.1) is 0 Å². The summed E-state index contributed by atoms with van der Waals surface area (Å²) in [5.41, 5.74) is 2.08. The van der Waals surface area contributed by atoms with Gasteiger partial charge in [-0.3, -0.25) is 4.79 Å². The molecule has 7 heteroatoms. The average molecular weight is 358 g/mol. The molecule has 0 unspecified atom stereocenters. The summed E-state index contributed by atoms with van der Waals surface area (Å²) in [5, 5.41) is 5.62. The fraction of sp³-hybridized carbons (Fsp3) is 0.421. The van der Waals surface area contributed by atoms with Gasteiger partial charge in [-0.25, -0.2) is 9.78 Å². The highest BCUT2D eigenvalue weighted by molar-refractivity contribution is 5.92. The van der Waals surface area contributed by atoms with E-state index in [1.807, 2.05) is 45.0 Å². The first kappa shape index (κ1) is 19.5. The van der Waals surface area contributed by atoms with Crippen LogP contribution >= 0.6 is 0 Å². The van der Waals surface area contributed by atoms with Crippen LogP contribution in [-0.4, -0.2) is 34.9 Å². The number of nitrogens with zero attached hydrogens (tertiary/aromatic N) is 2. The number of aryl methyl sites for hydroxylation is 1. The summed E-state index contributed by atoms with van der Waals surface area (Å²) >= 11 is 0. The number of oxazole rings is 1. The lowest BCUT2D eigenvalue weighted by molar-refractivity contribution is 0.0948. The highest BCUT2D eigenvalue weighted by Gasteiger charge is 2.18. The topological polar surface area (TPSA) is 87.5 Å². The molecule has 140 valence electrons. The Morgan fingerprint density at radius 1 is 1.15 bits per heavy atom. The van der Waals surface area contributed by atoms with Gasteiger partial charge in [0.05, 0.1) is 6.54 Å². The zero-order valence-corrected chi connectivity index (χ0v) is 15.5. The van der Waals surface area contributed by atoms with Gasteiger partial charge >= 0.3 is 6.03 Å². The first-order valence-corrected chi connectivity index (χ1v) is 8.88. The van der Waals surface area contributed by atoms with Crippen molar-refractivity contribution >= 4 is 17.6 Å². The number of hydrogen-bond acceptors (Lipinski definition) is 4. The molecule has 0 aliphatic rings. The fourth-order valence-electron chi connectivity index (χ4n) is 2.34. The van der Waals surface area contributed by atoms with Crippen molar-refractivity contribution < 1.29 is 14.0 Å². The lowest BCUT2D eigenvalue weighted by Crippen LogP contribution is -2.35. The van der Waals surface area contributed by atoms with Crippen LogP contribution in [0.15, 0.2) is 34.9 Å². The van der Waals surface area contributed by atoms with Crippen LogP contribution in [0.5, 0.6) is 0 Å². The van der Waals surface area contributed by atoms with Crippen LogP contribution in [0.4, 0.5) is 10.5 Å². The molecule has 2 N–H and O–H groups in total. The monoisotopic (exact) mass is 358 g/mol. The maximum atomic E-state index is 12.5. The molecule has 0 aliphatic carbocycles. The summed E-state index contributed by atoms with van der Waals surface area (Å²) in [6, 6.07) is 7.37. The minimum Gasteiger partial charge on any atom is -0.446 e. The fourth-order valence-corrected chi connectivity index (χ4v) is 2.34. The molecule has 1 aromatic carbocycles. The quantitative estimate of drug-likeness (QED) is 0.755. The van der Waals surface area contributed by atoms with Crippen molar-refractivity contribution in [1.82, 2.24) is 15.2 Å². The van der Waals surface area contributed by atoms with Crippen LogP contribution in [0.3, 0.4) is 0 Å². The van der Waals surface area contributed by atoms with Crippen molar-refractivity contribution in [1.29, 1.82) is 0 Å². The Kier molecular flexibility index (Phi) is 7.20. The molecule has 1 aromatic heterocycles. The summed E-state index contributed by atoms with van der Waals surface area (Å²) in [6.45, 7) is 7.30. The van der Waals surface area contributed by atoms with Crippen LogP contribution in [0.1, 0.15) is 48.6 Å². The largest absolute Gasteiger partial charge is 0.446 e. The molecule has 7 nitrogen and oxygen atoms in total. The summed E-state index contributed by atoms with van der Waals surface area (Å²) in [4.78, 5) is 30.2. The standard InChI is InChI=1S/C19H26N4O3/c1-4-10-20-18(24)16-13-26-17(22-16)12-23(11-5-2)19(25)21-15-8-6-14(3)7-9-15/h6-9,13H,4-5,10-12H2,1-3H3,(H,20,24)(H,21,25). The van der Waals surface area contributed by atoms with E-state index in [1.54, 1.807) is 4.90 Å². The second-order valence-electron chi connectivity index (χ2n) is 6.10. The van der Waals surface area contributed by atoms with Crippen molar-refractivity contribution in [2.45, 2.75) is 40.2 Å². The van der Waals surface area contributed by atoms with Crippen molar-refractivity contribution in [2.24, 2.45) is 0 Å². The van der Waals surface area contributed by atoms with Crippen molar-refractivity contribution in [3.05, 3.63) is 47.7 Å². The minimum absolute atomic E-state index is 0.201. The van der Waals surface area contributed by atoms with E-state index in [2.05, 4.69) is 15.6 Å². The maximum Gasteiger partial charge on any atom is 0.322 e. The molecule has 0 spiro atoms. The Labute approximate surface area is 153 Å². The Morgan fingerprint density at radius 3 is 2.54 bits per heavy atom. The molecule has 2 aromatic rings. The van der Waals surface area contributed by atoms with E-state index >= 15 is 0 Å². The third-order valence-corrected chi connectivity index (χ3v) is 3.73. The second kappa shape index (κ2) is 9.60. The van der Waals surface area contributed by atoms with Crippen LogP contribution in [0.2, 0.25) is 0 Å². The van der Waals surface area contributed by atoms with E-state index in [0.717, 1.165) is 24.1 Å². The van der Waals surface area contributed by atoms with Gasteiger partial charge in [-0.2, -0.15) is 0 Å². The SMILES string of the molecule is CCCNC(=O)c1coc(CN(CCC)C(=O)Nc2ccc(C)cc2)n1. The van der Waals surface area contributed by atoms with Crippen LogP contribution in [-0.2, 0) is 6.54 Å². The molecule has 0 fully saturated rings. The van der Waals surface area contributed by atoms with Gasteiger partial charge in [0.2, 0.25) is 5.89 Å². The zero-order chi connectivity index (χ0) is 18.9. The van der Waals surface area contributed by atoms with Gasteiger partial charge in [0, 0.05) is 18.8 Å². The molecule has 0 aliphatic heterocycles. The van der Waals surface area contributed by atoms with Crippen LogP contribution in [0.25, 0.3) is 0 Å². The number of rotatable bonds is 8. The number of carbonyl (C=O) groups excluding carboxylic acids is 2. The molecule has 0 saturated heterocycles. The molecule has 1 heterocycles. The van der Waals surface area contributed by atoms with Crippen LogP contribution in [0, 0.1) is 6.92 Å². The molecule has 0 bridgehead atoms. The van der Waals surface area contributed by atoms with Crippen LogP contribution < -0.4 is 10.6 Å². The highest BCUT2D eigenvalue weighted by atomic mass is 16.3. The summed E-state index contributed by atoms with van der Waals surface area (Å²) < 4.78 is 5.37. The lowest BCUT2D eigenvalue weighted by atomic mass is 10.2. The van der Waals surface area contributed by atoms with Gasteiger partial charge < -0.3 is 20.0 Å². The molecule has 0 saturated carbocycles. The van der Waals surface area contributed by atoms with E-state index in [9.17, 15) is 9.59 Å². The van der Waals surface area contributed by atoms with E-state index in [0.29, 0.717) is 19.0 Å². The first-order chi connectivity index (χ1) is 12.5. The lowest BCUT2D eigenvalue weighted by Gasteiger charge is -2.21. The van der Waals surface area contributed by atoms with Crippen molar-refractivity contribution in [2.75, 3.05) is 18.4 Å². The number of aromatic nitrogens is 1. The average Bonchev–Trinajstić information content (AvgIpc) is 3.10. The normalized spacial score (nSPS) is 10.4. The molecular formula is C19H26N4O3. The smallest absolute Gasteiger partial charge is 0.322 e. The third-order valence-electron chi connectivity index (χ3n) is 3.73. The van der Waals surface area contributed by atoms with E-state index in [4.69, 9.17) is 4.42 Å². The number of benzene rings is 1.